The molecule has 3 nitrogen and oxygen atoms in total. The molecule has 0 bridgehead atoms. The second-order valence-electron chi connectivity index (χ2n) is 3.75. The summed E-state index contributed by atoms with van der Waals surface area (Å²) in [4.78, 5) is 12.6. The second-order valence-corrected chi connectivity index (χ2v) is 4.18. The number of rotatable bonds is 5. The third-order valence-electron chi connectivity index (χ3n) is 2.32. The van der Waals surface area contributed by atoms with Gasteiger partial charge in [-0.2, -0.15) is 0 Å². The Morgan fingerprint density at radius 1 is 1.50 bits per heavy atom. The van der Waals surface area contributed by atoms with Gasteiger partial charge in [0.2, 0.25) is 0 Å². The van der Waals surface area contributed by atoms with Crippen LogP contribution in [-0.2, 0) is 4.79 Å². The van der Waals surface area contributed by atoms with Gasteiger partial charge in [-0.05, 0) is 37.1 Å². The maximum Gasteiger partial charge on any atom is 0.323 e. The molecule has 0 aliphatic heterocycles. The Balaban J connectivity index is 2.95. The van der Waals surface area contributed by atoms with E-state index >= 15 is 0 Å². The van der Waals surface area contributed by atoms with Gasteiger partial charge in [-0.3, -0.25) is 4.79 Å². The maximum absolute atomic E-state index is 10.8. The van der Waals surface area contributed by atoms with Crippen molar-refractivity contribution in [3.63, 3.8) is 0 Å². The van der Waals surface area contributed by atoms with E-state index < -0.39 is 5.97 Å². The van der Waals surface area contributed by atoms with Gasteiger partial charge in [0.15, 0.2) is 0 Å². The van der Waals surface area contributed by atoms with Crippen LogP contribution in [-0.4, -0.2) is 24.2 Å². The molecule has 0 fully saturated rings. The van der Waals surface area contributed by atoms with Gasteiger partial charge in [0.05, 0.1) is 0 Å². The van der Waals surface area contributed by atoms with E-state index in [1.807, 2.05) is 30.9 Å². The van der Waals surface area contributed by atoms with Gasteiger partial charge in [0, 0.05) is 17.3 Å². The Morgan fingerprint density at radius 2 is 2.19 bits per heavy atom. The lowest BCUT2D eigenvalue weighted by atomic mass is 10.1. The van der Waals surface area contributed by atoms with Crippen molar-refractivity contribution in [1.29, 1.82) is 0 Å². The first-order valence-electron chi connectivity index (χ1n) is 5.27. The molecule has 88 valence electrons. The Kier molecular flexibility index (Phi) is 4.62. The molecule has 0 amide bonds. The van der Waals surface area contributed by atoms with Gasteiger partial charge in [-0.15, -0.1) is 0 Å². The molecule has 0 aliphatic rings. The van der Waals surface area contributed by atoms with E-state index in [9.17, 15) is 4.79 Å². The standard InChI is InChI=1S/C12H16ClNO2/c1-3-6-14(8-12(15)16)11-5-4-10(13)7-9(11)2/h4-5,7H,3,6,8H2,1-2H3,(H,15,16). The molecule has 1 N–H and O–H groups in total. The molecule has 1 rings (SSSR count). The average Bonchev–Trinajstić information content (AvgIpc) is 2.16. The van der Waals surface area contributed by atoms with E-state index in [1.165, 1.54) is 0 Å². The van der Waals surface area contributed by atoms with E-state index in [-0.39, 0.29) is 6.54 Å². The largest absolute Gasteiger partial charge is 0.480 e. The Labute approximate surface area is 101 Å². The summed E-state index contributed by atoms with van der Waals surface area (Å²) in [5, 5.41) is 9.52. The number of hydrogen-bond donors (Lipinski definition) is 1. The quantitative estimate of drug-likeness (QED) is 0.862. The van der Waals surface area contributed by atoms with Crippen molar-refractivity contribution in [2.24, 2.45) is 0 Å². The van der Waals surface area contributed by atoms with E-state index in [2.05, 4.69) is 0 Å². The molecule has 1 aromatic rings. The summed E-state index contributed by atoms with van der Waals surface area (Å²) in [6, 6.07) is 5.51. The lowest BCUT2D eigenvalue weighted by Crippen LogP contribution is -2.30. The van der Waals surface area contributed by atoms with Crippen LogP contribution in [0, 0.1) is 6.92 Å². The fourth-order valence-electron chi connectivity index (χ4n) is 1.69. The van der Waals surface area contributed by atoms with Gasteiger partial charge >= 0.3 is 5.97 Å². The number of aliphatic carboxylic acids is 1. The normalized spacial score (nSPS) is 10.2. The Hall–Kier alpha value is -1.22. The molecule has 1 aromatic carbocycles. The van der Waals surface area contributed by atoms with Crippen molar-refractivity contribution < 1.29 is 9.90 Å². The molecule has 0 heterocycles. The number of nitrogens with zero attached hydrogens (tertiary/aromatic N) is 1. The monoisotopic (exact) mass is 241 g/mol. The van der Waals surface area contributed by atoms with E-state index in [4.69, 9.17) is 16.7 Å². The molecule has 0 saturated heterocycles. The molecule has 4 heteroatoms. The van der Waals surface area contributed by atoms with Gasteiger partial charge in [-0.25, -0.2) is 0 Å². The van der Waals surface area contributed by atoms with Gasteiger partial charge in [0.1, 0.15) is 6.54 Å². The predicted molar refractivity (Wildman–Crippen MR) is 66.3 cm³/mol. The SMILES string of the molecule is CCCN(CC(=O)O)c1ccc(Cl)cc1C. The summed E-state index contributed by atoms with van der Waals surface area (Å²) in [6.07, 6.45) is 0.912. The first-order valence-corrected chi connectivity index (χ1v) is 5.65. The minimum Gasteiger partial charge on any atom is -0.480 e. The molecular weight excluding hydrogens is 226 g/mol. The smallest absolute Gasteiger partial charge is 0.323 e. The van der Waals surface area contributed by atoms with E-state index in [0.717, 1.165) is 24.2 Å². The third kappa shape index (κ3) is 3.42. The number of benzene rings is 1. The van der Waals surface area contributed by atoms with Crippen LogP contribution in [0.3, 0.4) is 0 Å². The highest BCUT2D eigenvalue weighted by atomic mass is 35.5. The molecule has 0 aliphatic carbocycles. The van der Waals surface area contributed by atoms with Crippen molar-refractivity contribution in [2.45, 2.75) is 20.3 Å². The predicted octanol–water partition coefficient (Wildman–Crippen LogP) is 2.95. The summed E-state index contributed by atoms with van der Waals surface area (Å²) >= 11 is 5.87. The van der Waals surface area contributed by atoms with E-state index in [1.54, 1.807) is 6.07 Å². The fraction of sp³-hybridized carbons (Fsp3) is 0.417. The van der Waals surface area contributed by atoms with Crippen LogP contribution in [0.5, 0.6) is 0 Å². The Bertz CT molecular complexity index is 379. The minimum atomic E-state index is -0.817. The fourth-order valence-corrected chi connectivity index (χ4v) is 1.92. The molecule has 0 unspecified atom stereocenters. The number of carbonyl (C=O) groups is 1. The van der Waals surface area contributed by atoms with Gasteiger partial charge < -0.3 is 10.0 Å². The Morgan fingerprint density at radius 3 is 2.69 bits per heavy atom. The molecule has 0 aromatic heterocycles. The number of aryl methyl sites for hydroxylation is 1. The highest BCUT2D eigenvalue weighted by Crippen LogP contribution is 2.23. The number of hydrogen-bond acceptors (Lipinski definition) is 2. The molecular formula is C12H16ClNO2. The minimum absolute atomic E-state index is 0.0241. The average molecular weight is 242 g/mol. The molecule has 16 heavy (non-hydrogen) atoms. The highest BCUT2D eigenvalue weighted by Gasteiger charge is 2.11. The third-order valence-corrected chi connectivity index (χ3v) is 2.55. The number of carboxylic acids is 1. The van der Waals surface area contributed by atoms with Crippen molar-refractivity contribution in [3.8, 4) is 0 Å². The van der Waals surface area contributed by atoms with Crippen LogP contribution in [0.1, 0.15) is 18.9 Å². The molecule has 0 radical (unpaired) electrons. The molecule has 0 atom stereocenters. The zero-order valence-electron chi connectivity index (χ0n) is 9.53. The van der Waals surface area contributed by atoms with Gasteiger partial charge in [0.25, 0.3) is 0 Å². The van der Waals surface area contributed by atoms with Crippen LogP contribution in [0.4, 0.5) is 5.69 Å². The van der Waals surface area contributed by atoms with Crippen LogP contribution in [0.25, 0.3) is 0 Å². The van der Waals surface area contributed by atoms with Gasteiger partial charge in [-0.1, -0.05) is 18.5 Å². The highest BCUT2D eigenvalue weighted by molar-refractivity contribution is 6.30. The van der Waals surface area contributed by atoms with Crippen molar-refractivity contribution >= 4 is 23.3 Å². The lowest BCUT2D eigenvalue weighted by molar-refractivity contribution is -0.135. The summed E-state index contributed by atoms with van der Waals surface area (Å²) in [7, 11) is 0. The molecule has 0 spiro atoms. The number of halogens is 1. The number of carboxylic acid groups (broad SMARTS) is 1. The first-order chi connectivity index (χ1) is 7.54. The zero-order chi connectivity index (χ0) is 12.1. The van der Waals surface area contributed by atoms with Crippen LogP contribution >= 0.6 is 11.6 Å². The zero-order valence-corrected chi connectivity index (χ0v) is 10.3. The topological polar surface area (TPSA) is 40.5 Å². The van der Waals surface area contributed by atoms with Crippen LogP contribution in [0.2, 0.25) is 5.02 Å². The summed E-state index contributed by atoms with van der Waals surface area (Å²) < 4.78 is 0. The first kappa shape index (κ1) is 12.8. The summed E-state index contributed by atoms with van der Waals surface area (Å²) in [5.41, 5.74) is 1.94. The van der Waals surface area contributed by atoms with Crippen LogP contribution < -0.4 is 4.90 Å². The lowest BCUT2D eigenvalue weighted by Gasteiger charge is -2.24. The summed E-state index contributed by atoms with van der Waals surface area (Å²) in [6.45, 7) is 4.72. The van der Waals surface area contributed by atoms with Crippen LogP contribution in [0.15, 0.2) is 18.2 Å². The molecule has 0 saturated carbocycles. The number of anilines is 1. The summed E-state index contributed by atoms with van der Waals surface area (Å²) in [5.74, 6) is -0.817. The van der Waals surface area contributed by atoms with Crippen molar-refractivity contribution in [3.05, 3.63) is 28.8 Å². The van der Waals surface area contributed by atoms with Crippen molar-refractivity contribution in [2.75, 3.05) is 18.0 Å². The second kappa shape index (κ2) is 5.75. The van der Waals surface area contributed by atoms with E-state index in [0.29, 0.717) is 5.02 Å². The van der Waals surface area contributed by atoms with Crippen molar-refractivity contribution in [1.82, 2.24) is 0 Å². The maximum atomic E-state index is 10.8.